The monoisotopic (exact) mass is 303 g/mol. The summed E-state index contributed by atoms with van der Waals surface area (Å²) in [6.45, 7) is 6.24. The van der Waals surface area contributed by atoms with Crippen molar-refractivity contribution in [3.05, 3.63) is 20.8 Å². The Morgan fingerprint density at radius 2 is 2.25 bits per heavy atom. The van der Waals surface area contributed by atoms with Crippen LogP contribution >= 0.6 is 27.3 Å². The van der Waals surface area contributed by atoms with E-state index in [9.17, 15) is 0 Å². The van der Waals surface area contributed by atoms with Crippen molar-refractivity contribution in [3.63, 3.8) is 0 Å². The fraction of sp³-hybridized carbons (Fsp3) is 0.667. The third-order valence-corrected chi connectivity index (χ3v) is 5.15. The van der Waals surface area contributed by atoms with Crippen LogP contribution in [0.5, 0.6) is 0 Å². The molecule has 0 spiro atoms. The minimum absolute atomic E-state index is 0.419. The van der Waals surface area contributed by atoms with Crippen LogP contribution in [0.1, 0.15) is 24.6 Å². The Hall–Kier alpha value is 0.1000. The fourth-order valence-electron chi connectivity index (χ4n) is 1.97. The maximum atomic E-state index is 5.40. The molecule has 90 valence electrons. The molecule has 2 nitrogen and oxygen atoms in total. The van der Waals surface area contributed by atoms with E-state index in [1.54, 1.807) is 11.3 Å². The predicted octanol–water partition coefficient (Wildman–Crippen LogP) is 3.42. The van der Waals surface area contributed by atoms with Crippen LogP contribution in [-0.2, 0) is 11.3 Å². The summed E-state index contributed by atoms with van der Waals surface area (Å²) in [7, 11) is 0. The summed E-state index contributed by atoms with van der Waals surface area (Å²) in [6, 6.07) is 2.11. The van der Waals surface area contributed by atoms with Gasteiger partial charge in [-0.15, -0.1) is 11.3 Å². The average Bonchev–Trinajstić information content (AvgIpc) is 2.65. The van der Waals surface area contributed by atoms with Crippen LogP contribution in [0.2, 0.25) is 0 Å². The average molecular weight is 304 g/mol. The first-order chi connectivity index (χ1) is 7.70. The fourth-order valence-corrected chi connectivity index (χ4v) is 3.43. The highest BCUT2D eigenvalue weighted by molar-refractivity contribution is 9.10. The summed E-state index contributed by atoms with van der Waals surface area (Å²) >= 11 is 5.36. The molecule has 2 heterocycles. The molecule has 1 aromatic heterocycles. The molecule has 2 rings (SSSR count). The molecular weight excluding hydrogens is 286 g/mol. The van der Waals surface area contributed by atoms with Gasteiger partial charge in [-0.2, -0.15) is 0 Å². The van der Waals surface area contributed by atoms with E-state index in [0.29, 0.717) is 5.41 Å². The van der Waals surface area contributed by atoms with Gasteiger partial charge >= 0.3 is 0 Å². The maximum absolute atomic E-state index is 5.40. The third kappa shape index (κ3) is 3.29. The number of hydrogen-bond donors (Lipinski definition) is 1. The molecule has 1 aliphatic rings. The van der Waals surface area contributed by atoms with Gasteiger partial charge in [0.1, 0.15) is 0 Å². The summed E-state index contributed by atoms with van der Waals surface area (Å²) in [5.74, 6) is 0. The van der Waals surface area contributed by atoms with Crippen molar-refractivity contribution in [2.75, 3.05) is 19.8 Å². The largest absolute Gasteiger partial charge is 0.381 e. The van der Waals surface area contributed by atoms with Crippen LogP contribution in [0.3, 0.4) is 0 Å². The van der Waals surface area contributed by atoms with E-state index < -0.39 is 0 Å². The van der Waals surface area contributed by atoms with E-state index in [0.717, 1.165) is 26.3 Å². The molecule has 1 N–H and O–H groups in total. The Morgan fingerprint density at radius 3 is 2.88 bits per heavy atom. The minimum atomic E-state index is 0.419. The molecule has 0 aromatic carbocycles. The first-order valence-corrected chi connectivity index (χ1v) is 7.37. The SMILES string of the molecule is CC1(CNCc2sccc2Br)CCOCC1. The number of halogens is 1. The second-order valence-electron chi connectivity index (χ2n) is 4.72. The van der Waals surface area contributed by atoms with Gasteiger partial charge in [-0.05, 0) is 45.6 Å². The molecule has 0 unspecified atom stereocenters. The quantitative estimate of drug-likeness (QED) is 0.920. The molecule has 1 saturated heterocycles. The Bertz CT molecular complexity index is 334. The van der Waals surface area contributed by atoms with Gasteiger partial charge < -0.3 is 10.1 Å². The van der Waals surface area contributed by atoms with Gasteiger partial charge in [-0.3, -0.25) is 0 Å². The molecule has 0 radical (unpaired) electrons. The lowest BCUT2D eigenvalue weighted by atomic mass is 9.82. The summed E-state index contributed by atoms with van der Waals surface area (Å²) < 4.78 is 6.63. The molecule has 0 aliphatic carbocycles. The van der Waals surface area contributed by atoms with Crippen molar-refractivity contribution in [1.82, 2.24) is 5.32 Å². The van der Waals surface area contributed by atoms with Gasteiger partial charge in [-0.25, -0.2) is 0 Å². The lowest BCUT2D eigenvalue weighted by molar-refractivity contribution is 0.0240. The van der Waals surface area contributed by atoms with Crippen molar-refractivity contribution in [2.45, 2.75) is 26.3 Å². The lowest BCUT2D eigenvalue weighted by Crippen LogP contribution is -2.36. The number of rotatable bonds is 4. The van der Waals surface area contributed by atoms with Gasteiger partial charge in [0.15, 0.2) is 0 Å². The zero-order valence-corrected chi connectivity index (χ0v) is 12.0. The highest BCUT2D eigenvalue weighted by atomic mass is 79.9. The highest BCUT2D eigenvalue weighted by Gasteiger charge is 2.26. The van der Waals surface area contributed by atoms with Gasteiger partial charge in [-0.1, -0.05) is 6.92 Å². The number of ether oxygens (including phenoxy) is 1. The van der Waals surface area contributed by atoms with Crippen LogP contribution in [0.4, 0.5) is 0 Å². The van der Waals surface area contributed by atoms with Crippen molar-refractivity contribution < 1.29 is 4.74 Å². The standard InChI is InChI=1S/C12H18BrNOS/c1-12(3-5-15-6-4-12)9-14-8-11-10(13)2-7-16-11/h2,7,14H,3-6,8-9H2,1H3. The van der Waals surface area contributed by atoms with E-state index >= 15 is 0 Å². The van der Waals surface area contributed by atoms with Crippen molar-refractivity contribution in [2.24, 2.45) is 5.41 Å². The van der Waals surface area contributed by atoms with E-state index in [-0.39, 0.29) is 0 Å². The zero-order valence-electron chi connectivity index (χ0n) is 9.59. The summed E-state index contributed by atoms with van der Waals surface area (Å²) in [5.41, 5.74) is 0.419. The van der Waals surface area contributed by atoms with Crippen LogP contribution < -0.4 is 5.32 Å². The van der Waals surface area contributed by atoms with Gasteiger partial charge in [0.2, 0.25) is 0 Å². The highest BCUT2D eigenvalue weighted by Crippen LogP contribution is 2.29. The van der Waals surface area contributed by atoms with Crippen LogP contribution in [-0.4, -0.2) is 19.8 Å². The van der Waals surface area contributed by atoms with Gasteiger partial charge in [0, 0.05) is 35.7 Å². The third-order valence-electron chi connectivity index (χ3n) is 3.23. The van der Waals surface area contributed by atoms with Crippen LogP contribution in [0.15, 0.2) is 15.9 Å². The molecule has 0 amide bonds. The first-order valence-electron chi connectivity index (χ1n) is 5.70. The van der Waals surface area contributed by atoms with Crippen molar-refractivity contribution in [3.8, 4) is 0 Å². The van der Waals surface area contributed by atoms with E-state index in [2.05, 4.69) is 39.6 Å². The smallest absolute Gasteiger partial charge is 0.0471 e. The minimum Gasteiger partial charge on any atom is -0.381 e. The summed E-state index contributed by atoms with van der Waals surface area (Å²) in [4.78, 5) is 1.38. The summed E-state index contributed by atoms with van der Waals surface area (Å²) in [5, 5.41) is 5.69. The first kappa shape index (κ1) is 12.6. The zero-order chi connectivity index (χ0) is 11.4. The second-order valence-corrected chi connectivity index (χ2v) is 6.57. The van der Waals surface area contributed by atoms with E-state index in [1.165, 1.54) is 22.2 Å². The Labute approximate surface area is 110 Å². The number of thiophene rings is 1. The van der Waals surface area contributed by atoms with E-state index in [4.69, 9.17) is 4.74 Å². The molecule has 0 bridgehead atoms. The van der Waals surface area contributed by atoms with Crippen LogP contribution in [0, 0.1) is 5.41 Å². The molecular formula is C12H18BrNOS. The Kier molecular flexibility index (Phi) is 4.41. The van der Waals surface area contributed by atoms with Crippen molar-refractivity contribution in [1.29, 1.82) is 0 Å². The maximum Gasteiger partial charge on any atom is 0.0471 e. The normalized spacial score (nSPS) is 19.9. The van der Waals surface area contributed by atoms with Gasteiger partial charge in [0.25, 0.3) is 0 Å². The van der Waals surface area contributed by atoms with E-state index in [1.807, 2.05) is 0 Å². The van der Waals surface area contributed by atoms with Crippen molar-refractivity contribution >= 4 is 27.3 Å². The molecule has 16 heavy (non-hydrogen) atoms. The Morgan fingerprint density at radius 1 is 1.50 bits per heavy atom. The molecule has 0 atom stereocenters. The molecule has 0 saturated carbocycles. The molecule has 1 aromatic rings. The van der Waals surface area contributed by atoms with Crippen LogP contribution in [0.25, 0.3) is 0 Å². The number of hydrogen-bond acceptors (Lipinski definition) is 3. The lowest BCUT2D eigenvalue weighted by Gasteiger charge is -2.33. The second kappa shape index (κ2) is 5.63. The molecule has 1 aliphatic heterocycles. The summed E-state index contributed by atoms with van der Waals surface area (Å²) in [6.07, 6.45) is 2.34. The molecule has 1 fully saturated rings. The topological polar surface area (TPSA) is 21.3 Å². The molecule has 4 heteroatoms. The predicted molar refractivity (Wildman–Crippen MR) is 71.9 cm³/mol. The van der Waals surface area contributed by atoms with Gasteiger partial charge in [0.05, 0.1) is 0 Å². The number of nitrogens with one attached hydrogen (secondary N) is 1. The Balaban J connectivity index is 1.77.